The maximum Gasteiger partial charge on any atom is 0.335 e. The molecule has 1 saturated carbocycles. The number of carboxylic acid groups (broad SMARTS) is 1. The third-order valence-electron chi connectivity index (χ3n) is 4.75. The van der Waals surface area contributed by atoms with Gasteiger partial charge in [-0.2, -0.15) is 0 Å². The van der Waals surface area contributed by atoms with Crippen LogP contribution in [0.1, 0.15) is 54.4 Å². The van der Waals surface area contributed by atoms with Crippen molar-refractivity contribution in [1.29, 1.82) is 0 Å². The van der Waals surface area contributed by atoms with Crippen LogP contribution in [0.25, 0.3) is 0 Å². The first-order valence-corrected chi connectivity index (χ1v) is 8.17. The fourth-order valence-electron chi connectivity index (χ4n) is 3.42. The third-order valence-corrected chi connectivity index (χ3v) is 4.75. The summed E-state index contributed by atoms with van der Waals surface area (Å²) in [5, 5.41) is 12.6. The van der Waals surface area contributed by atoms with Crippen LogP contribution >= 0.6 is 0 Å². The zero-order valence-corrected chi connectivity index (χ0v) is 13.4. The first-order chi connectivity index (χ1) is 10.7. The van der Waals surface area contributed by atoms with Gasteiger partial charge in [-0.1, -0.05) is 31.4 Å². The largest absolute Gasteiger partial charge is 0.478 e. The highest BCUT2D eigenvalue weighted by molar-refractivity contribution is 5.87. The first kappa shape index (κ1) is 17.0. The van der Waals surface area contributed by atoms with Crippen LogP contribution in [0.5, 0.6) is 0 Å². The molecule has 0 heterocycles. The molecule has 0 saturated heterocycles. The van der Waals surface area contributed by atoms with Gasteiger partial charge >= 0.3 is 5.97 Å². The summed E-state index contributed by atoms with van der Waals surface area (Å²) >= 11 is 0. The Balaban J connectivity index is 1.89. The SMILES string of the molecule is COCCC1(CNCc2cccc(C(=O)O)c2)CCCCC1. The number of aromatic carboxylic acids is 1. The van der Waals surface area contributed by atoms with Crippen molar-refractivity contribution in [2.45, 2.75) is 45.1 Å². The summed E-state index contributed by atoms with van der Waals surface area (Å²) in [6, 6.07) is 7.16. The van der Waals surface area contributed by atoms with Crippen molar-refractivity contribution in [2.75, 3.05) is 20.3 Å². The lowest BCUT2D eigenvalue weighted by atomic mass is 9.72. The maximum atomic E-state index is 11.0. The topological polar surface area (TPSA) is 58.6 Å². The van der Waals surface area contributed by atoms with Gasteiger partial charge in [0.2, 0.25) is 0 Å². The Labute approximate surface area is 132 Å². The minimum atomic E-state index is -0.870. The van der Waals surface area contributed by atoms with Crippen molar-refractivity contribution in [3.05, 3.63) is 35.4 Å². The molecule has 4 heteroatoms. The Bertz CT molecular complexity index is 481. The Hall–Kier alpha value is -1.39. The number of rotatable bonds is 8. The second-order valence-corrected chi connectivity index (χ2v) is 6.41. The summed E-state index contributed by atoms with van der Waals surface area (Å²) < 4.78 is 5.28. The Morgan fingerprint density at radius 2 is 2.09 bits per heavy atom. The van der Waals surface area contributed by atoms with Crippen molar-refractivity contribution in [3.8, 4) is 0 Å². The average molecular weight is 305 g/mol. The van der Waals surface area contributed by atoms with Crippen molar-refractivity contribution >= 4 is 5.97 Å². The maximum absolute atomic E-state index is 11.0. The molecule has 0 atom stereocenters. The van der Waals surface area contributed by atoms with E-state index in [2.05, 4.69) is 5.32 Å². The molecule has 0 radical (unpaired) electrons. The van der Waals surface area contributed by atoms with Crippen molar-refractivity contribution in [1.82, 2.24) is 5.32 Å². The molecular formula is C18H27NO3. The van der Waals surface area contributed by atoms with Gasteiger partial charge in [0, 0.05) is 26.8 Å². The molecule has 0 aliphatic heterocycles. The molecule has 1 fully saturated rings. The van der Waals surface area contributed by atoms with Gasteiger partial charge in [0.25, 0.3) is 0 Å². The van der Waals surface area contributed by atoms with Crippen LogP contribution in [0.15, 0.2) is 24.3 Å². The minimum Gasteiger partial charge on any atom is -0.478 e. The molecule has 1 aliphatic rings. The van der Waals surface area contributed by atoms with Crippen LogP contribution in [-0.4, -0.2) is 31.3 Å². The number of hydrogen-bond acceptors (Lipinski definition) is 3. The number of methoxy groups -OCH3 is 1. The van der Waals surface area contributed by atoms with Gasteiger partial charge < -0.3 is 15.2 Å². The zero-order valence-electron chi connectivity index (χ0n) is 13.4. The van der Waals surface area contributed by atoms with Gasteiger partial charge in [-0.3, -0.25) is 0 Å². The molecular weight excluding hydrogens is 278 g/mol. The molecule has 0 amide bonds. The lowest BCUT2D eigenvalue weighted by Crippen LogP contribution is -2.37. The van der Waals surface area contributed by atoms with E-state index in [4.69, 9.17) is 9.84 Å². The number of carboxylic acids is 1. The van der Waals surface area contributed by atoms with E-state index in [1.807, 2.05) is 12.1 Å². The lowest BCUT2D eigenvalue weighted by molar-refractivity contribution is 0.0696. The van der Waals surface area contributed by atoms with Gasteiger partial charge in [-0.15, -0.1) is 0 Å². The van der Waals surface area contributed by atoms with E-state index >= 15 is 0 Å². The molecule has 22 heavy (non-hydrogen) atoms. The quantitative estimate of drug-likeness (QED) is 0.772. The number of benzene rings is 1. The fraction of sp³-hybridized carbons (Fsp3) is 0.611. The smallest absolute Gasteiger partial charge is 0.335 e. The second-order valence-electron chi connectivity index (χ2n) is 6.41. The number of ether oxygens (including phenoxy) is 1. The van der Waals surface area contributed by atoms with Gasteiger partial charge in [0.15, 0.2) is 0 Å². The van der Waals surface area contributed by atoms with Crippen LogP contribution in [0.2, 0.25) is 0 Å². The highest BCUT2D eigenvalue weighted by atomic mass is 16.5. The van der Waals surface area contributed by atoms with E-state index in [1.165, 1.54) is 32.1 Å². The van der Waals surface area contributed by atoms with Crippen LogP contribution in [0.4, 0.5) is 0 Å². The van der Waals surface area contributed by atoms with E-state index in [1.54, 1.807) is 19.2 Å². The number of hydrogen-bond donors (Lipinski definition) is 2. The normalized spacial score (nSPS) is 17.3. The average Bonchev–Trinajstić information content (AvgIpc) is 2.54. The van der Waals surface area contributed by atoms with E-state index in [0.717, 1.165) is 31.7 Å². The molecule has 0 bridgehead atoms. The molecule has 1 aliphatic carbocycles. The third kappa shape index (κ3) is 4.82. The second kappa shape index (κ2) is 8.30. The number of carbonyl (C=O) groups is 1. The molecule has 122 valence electrons. The van der Waals surface area contributed by atoms with E-state index in [-0.39, 0.29) is 0 Å². The predicted octanol–water partition coefficient (Wildman–Crippen LogP) is 3.46. The van der Waals surface area contributed by atoms with Crippen LogP contribution in [0.3, 0.4) is 0 Å². The van der Waals surface area contributed by atoms with E-state index in [9.17, 15) is 4.79 Å². The first-order valence-electron chi connectivity index (χ1n) is 8.17. The summed E-state index contributed by atoms with van der Waals surface area (Å²) in [6.45, 7) is 2.51. The van der Waals surface area contributed by atoms with Crippen LogP contribution in [-0.2, 0) is 11.3 Å². The van der Waals surface area contributed by atoms with Crippen molar-refractivity contribution in [2.24, 2.45) is 5.41 Å². The lowest BCUT2D eigenvalue weighted by Gasteiger charge is -2.37. The van der Waals surface area contributed by atoms with E-state index < -0.39 is 5.97 Å². The molecule has 0 spiro atoms. The van der Waals surface area contributed by atoms with Crippen molar-refractivity contribution < 1.29 is 14.6 Å². The molecule has 2 rings (SSSR count). The standard InChI is InChI=1S/C18H27NO3/c1-22-11-10-18(8-3-2-4-9-18)14-19-13-15-6-5-7-16(12-15)17(20)21/h5-7,12,19H,2-4,8-11,13-14H2,1H3,(H,20,21). The van der Waals surface area contributed by atoms with Gasteiger partial charge in [0.1, 0.15) is 0 Å². The summed E-state index contributed by atoms with van der Waals surface area (Å²) in [7, 11) is 1.77. The Morgan fingerprint density at radius 1 is 1.32 bits per heavy atom. The van der Waals surface area contributed by atoms with Crippen molar-refractivity contribution in [3.63, 3.8) is 0 Å². The molecule has 2 N–H and O–H groups in total. The van der Waals surface area contributed by atoms with Crippen LogP contribution < -0.4 is 5.32 Å². The highest BCUT2D eigenvalue weighted by Crippen LogP contribution is 2.38. The Kier molecular flexibility index (Phi) is 6.40. The summed E-state index contributed by atoms with van der Waals surface area (Å²) in [4.78, 5) is 11.0. The molecule has 0 aromatic heterocycles. The van der Waals surface area contributed by atoms with Gasteiger partial charge in [-0.25, -0.2) is 4.79 Å². The highest BCUT2D eigenvalue weighted by Gasteiger charge is 2.31. The number of nitrogens with one attached hydrogen (secondary N) is 1. The van der Waals surface area contributed by atoms with E-state index in [0.29, 0.717) is 11.0 Å². The molecule has 1 aromatic carbocycles. The van der Waals surface area contributed by atoms with Gasteiger partial charge in [-0.05, 0) is 42.4 Å². The molecule has 1 aromatic rings. The summed E-state index contributed by atoms with van der Waals surface area (Å²) in [5.74, 6) is -0.870. The van der Waals surface area contributed by atoms with Gasteiger partial charge in [0.05, 0.1) is 5.56 Å². The monoisotopic (exact) mass is 305 g/mol. The summed E-state index contributed by atoms with van der Waals surface area (Å²) in [6.07, 6.45) is 7.58. The Morgan fingerprint density at radius 3 is 2.77 bits per heavy atom. The summed E-state index contributed by atoms with van der Waals surface area (Å²) in [5.41, 5.74) is 1.72. The zero-order chi connectivity index (χ0) is 15.8. The fourth-order valence-corrected chi connectivity index (χ4v) is 3.42. The van der Waals surface area contributed by atoms with Crippen LogP contribution in [0, 0.1) is 5.41 Å². The predicted molar refractivity (Wildman–Crippen MR) is 87.1 cm³/mol. The minimum absolute atomic E-state index is 0.346. The molecule has 0 unspecified atom stereocenters. The molecule has 4 nitrogen and oxygen atoms in total.